The van der Waals surface area contributed by atoms with Gasteiger partial charge in [-0.25, -0.2) is 4.79 Å². The Bertz CT molecular complexity index is 1050. The molecule has 0 N–H and O–H groups in total. The predicted octanol–water partition coefficient (Wildman–Crippen LogP) is 4.76. The number of carbonyl (C=O) groups excluding carboxylic acids is 2. The van der Waals surface area contributed by atoms with Gasteiger partial charge in [0.2, 0.25) is 0 Å². The van der Waals surface area contributed by atoms with Crippen LogP contribution in [0.2, 0.25) is 0 Å². The van der Waals surface area contributed by atoms with E-state index in [0.29, 0.717) is 25.9 Å². The van der Waals surface area contributed by atoms with E-state index in [9.17, 15) is 9.59 Å². The zero-order chi connectivity index (χ0) is 25.7. The molecule has 1 spiro atoms. The average molecular weight is 489 g/mol. The van der Waals surface area contributed by atoms with Crippen LogP contribution in [0.15, 0.2) is 60.7 Å². The highest BCUT2D eigenvalue weighted by Crippen LogP contribution is 2.38. The monoisotopic (exact) mass is 488 g/mol. The third-order valence-electron chi connectivity index (χ3n) is 7.40. The number of anilines is 1. The van der Waals surface area contributed by atoms with Crippen molar-refractivity contribution in [3.05, 3.63) is 71.8 Å². The SMILES string of the molecule is CC(C)CN1C(=O)N(CCc2ccccc2)C2(CCN(CC=Cc3ccc(N(C)C)cc3)CC2)C1=O. The molecule has 0 unspecified atom stereocenters. The maximum Gasteiger partial charge on any atom is 0.327 e. The minimum atomic E-state index is -0.705. The fraction of sp³-hybridized carbons (Fsp3) is 0.467. The summed E-state index contributed by atoms with van der Waals surface area (Å²) < 4.78 is 0. The van der Waals surface area contributed by atoms with Gasteiger partial charge in [-0.1, -0.05) is 68.5 Å². The van der Waals surface area contributed by atoms with Gasteiger partial charge in [-0.05, 0) is 48.4 Å². The van der Waals surface area contributed by atoms with Gasteiger partial charge in [0.1, 0.15) is 5.54 Å². The lowest BCUT2D eigenvalue weighted by Gasteiger charge is -2.42. The first-order valence-corrected chi connectivity index (χ1v) is 13.1. The normalized spacial score (nSPS) is 18.2. The highest BCUT2D eigenvalue weighted by molar-refractivity contribution is 6.07. The number of urea groups is 1. The van der Waals surface area contributed by atoms with Gasteiger partial charge in [-0.2, -0.15) is 0 Å². The van der Waals surface area contributed by atoms with Crippen molar-refractivity contribution in [1.82, 2.24) is 14.7 Å². The number of hydrogen-bond acceptors (Lipinski definition) is 4. The highest BCUT2D eigenvalue weighted by Gasteiger charge is 2.57. The van der Waals surface area contributed by atoms with E-state index in [2.05, 4.69) is 72.2 Å². The van der Waals surface area contributed by atoms with Gasteiger partial charge >= 0.3 is 6.03 Å². The van der Waals surface area contributed by atoms with Crippen LogP contribution in [0.25, 0.3) is 6.08 Å². The minimum Gasteiger partial charge on any atom is -0.378 e. The molecular formula is C30H40N4O2. The van der Waals surface area contributed by atoms with Crippen LogP contribution in [-0.4, -0.2) is 79.0 Å². The van der Waals surface area contributed by atoms with E-state index in [1.165, 1.54) is 21.7 Å². The Labute approximate surface area is 216 Å². The summed E-state index contributed by atoms with van der Waals surface area (Å²) in [5, 5.41) is 0. The molecule has 4 rings (SSSR count). The lowest BCUT2D eigenvalue weighted by molar-refractivity contribution is -0.135. The van der Waals surface area contributed by atoms with Crippen LogP contribution >= 0.6 is 0 Å². The average Bonchev–Trinajstić information content (AvgIpc) is 3.05. The van der Waals surface area contributed by atoms with Crippen molar-refractivity contribution in [2.45, 2.75) is 38.6 Å². The summed E-state index contributed by atoms with van der Waals surface area (Å²) >= 11 is 0. The molecular weight excluding hydrogens is 448 g/mol. The number of hydrogen-bond donors (Lipinski definition) is 0. The van der Waals surface area contributed by atoms with Gasteiger partial charge in [0.15, 0.2) is 0 Å². The lowest BCUT2D eigenvalue weighted by atomic mass is 9.85. The number of rotatable bonds is 9. The van der Waals surface area contributed by atoms with E-state index in [0.717, 1.165) is 26.1 Å². The highest BCUT2D eigenvalue weighted by atomic mass is 16.2. The molecule has 2 heterocycles. The molecule has 2 aromatic carbocycles. The predicted molar refractivity (Wildman–Crippen MR) is 147 cm³/mol. The van der Waals surface area contributed by atoms with Crippen LogP contribution in [0, 0.1) is 5.92 Å². The molecule has 6 heteroatoms. The van der Waals surface area contributed by atoms with E-state index in [4.69, 9.17) is 0 Å². The zero-order valence-corrected chi connectivity index (χ0v) is 22.2. The van der Waals surface area contributed by atoms with E-state index in [-0.39, 0.29) is 17.9 Å². The summed E-state index contributed by atoms with van der Waals surface area (Å²) in [5.41, 5.74) is 2.86. The topological polar surface area (TPSA) is 47.1 Å². The number of benzene rings is 2. The summed E-state index contributed by atoms with van der Waals surface area (Å²) in [6, 6.07) is 18.6. The molecule has 6 nitrogen and oxygen atoms in total. The summed E-state index contributed by atoms with van der Waals surface area (Å²) in [6.07, 6.45) is 6.49. The van der Waals surface area contributed by atoms with Crippen molar-refractivity contribution < 1.29 is 9.59 Å². The lowest BCUT2D eigenvalue weighted by Crippen LogP contribution is -2.57. The molecule has 0 aliphatic carbocycles. The third kappa shape index (κ3) is 5.65. The van der Waals surface area contributed by atoms with E-state index in [1.807, 2.05) is 37.2 Å². The van der Waals surface area contributed by atoms with Gasteiger partial charge in [0.05, 0.1) is 0 Å². The largest absolute Gasteiger partial charge is 0.378 e. The van der Waals surface area contributed by atoms with Crippen LogP contribution < -0.4 is 4.90 Å². The van der Waals surface area contributed by atoms with E-state index < -0.39 is 5.54 Å². The van der Waals surface area contributed by atoms with Crippen LogP contribution in [0.5, 0.6) is 0 Å². The molecule has 2 aromatic rings. The molecule has 0 radical (unpaired) electrons. The van der Waals surface area contributed by atoms with Crippen LogP contribution in [0.4, 0.5) is 10.5 Å². The quantitative estimate of drug-likeness (QED) is 0.478. The third-order valence-corrected chi connectivity index (χ3v) is 7.40. The molecule has 3 amide bonds. The Hall–Kier alpha value is -3.12. The van der Waals surface area contributed by atoms with Crippen molar-refractivity contribution in [2.75, 3.05) is 51.7 Å². The summed E-state index contributed by atoms with van der Waals surface area (Å²) in [6.45, 7) is 7.63. The number of nitrogens with zero attached hydrogens (tertiary/aromatic N) is 4. The minimum absolute atomic E-state index is 0.00503. The fourth-order valence-electron chi connectivity index (χ4n) is 5.31. The Balaban J connectivity index is 1.41. The number of amides is 3. The first-order chi connectivity index (χ1) is 17.3. The smallest absolute Gasteiger partial charge is 0.327 e. The van der Waals surface area contributed by atoms with Crippen LogP contribution in [0.3, 0.4) is 0 Å². The molecule has 192 valence electrons. The van der Waals surface area contributed by atoms with E-state index in [1.54, 1.807) is 0 Å². The van der Waals surface area contributed by atoms with Gasteiger partial charge in [-0.3, -0.25) is 14.6 Å². The maximum absolute atomic E-state index is 13.7. The molecule has 2 fully saturated rings. The number of likely N-dealkylation sites (tertiary alicyclic amines) is 1. The van der Waals surface area contributed by atoms with Crippen molar-refractivity contribution >= 4 is 23.7 Å². The second-order valence-electron chi connectivity index (χ2n) is 10.7. The van der Waals surface area contributed by atoms with Crippen molar-refractivity contribution in [3.8, 4) is 0 Å². The van der Waals surface area contributed by atoms with Crippen molar-refractivity contribution in [1.29, 1.82) is 0 Å². The summed E-state index contributed by atoms with van der Waals surface area (Å²) in [4.78, 5) is 35.0. The van der Waals surface area contributed by atoms with E-state index >= 15 is 0 Å². The summed E-state index contributed by atoms with van der Waals surface area (Å²) in [5.74, 6) is 0.256. The molecule has 0 aromatic heterocycles. The Kier molecular flexibility index (Phi) is 8.14. The number of piperidine rings is 1. The number of imide groups is 1. The van der Waals surface area contributed by atoms with Crippen molar-refractivity contribution in [2.24, 2.45) is 5.92 Å². The second kappa shape index (κ2) is 11.3. The Morgan fingerprint density at radius 3 is 2.25 bits per heavy atom. The van der Waals surface area contributed by atoms with Crippen LogP contribution in [0.1, 0.15) is 37.8 Å². The first-order valence-electron chi connectivity index (χ1n) is 13.1. The molecule has 0 saturated carbocycles. The molecule has 0 bridgehead atoms. The molecule has 2 aliphatic rings. The molecule has 2 aliphatic heterocycles. The van der Waals surface area contributed by atoms with Gasteiger partial charge in [0, 0.05) is 52.5 Å². The van der Waals surface area contributed by atoms with Gasteiger partial charge < -0.3 is 9.80 Å². The van der Waals surface area contributed by atoms with Crippen molar-refractivity contribution in [3.63, 3.8) is 0 Å². The zero-order valence-electron chi connectivity index (χ0n) is 22.2. The van der Waals surface area contributed by atoms with Gasteiger partial charge in [-0.15, -0.1) is 0 Å². The maximum atomic E-state index is 13.7. The Morgan fingerprint density at radius 1 is 0.972 bits per heavy atom. The first kappa shape index (κ1) is 26.0. The fourth-order valence-corrected chi connectivity index (χ4v) is 5.31. The summed E-state index contributed by atoms with van der Waals surface area (Å²) in [7, 11) is 4.09. The Morgan fingerprint density at radius 2 is 1.64 bits per heavy atom. The van der Waals surface area contributed by atoms with Crippen LogP contribution in [-0.2, 0) is 11.2 Å². The number of carbonyl (C=O) groups is 2. The standard InChI is InChI=1S/C30H40N4O2/c1-24(2)23-33-28(35)30(34(29(33)36)20-16-25-9-6-5-7-10-25)17-21-32(22-18-30)19-8-11-26-12-14-27(15-13-26)31(3)4/h5-15,24H,16-23H2,1-4H3. The van der Waals surface area contributed by atoms with Gasteiger partial charge in [0.25, 0.3) is 5.91 Å². The molecule has 2 saturated heterocycles. The molecule has 36 heavy (non-hydrogen) atoms. The molecule has 0 atom stereocenters. The second-order valence-corrected chi connectivity index (χ2v) is 10.7.